The minimum atomic E-state index is -0.477. The maximum atomic E-state index is 12.7. The Bertz CT molecular complexity index is 588. The van der Waals surface area contributed by atoms with Gasteiger partial charge in [-0.05, 0) is 27.7 Å². The number of nitriles is 1. The van der Waals surface area contributed by atoms with Gasteiger partial charge in [-0.15, -0.1) is 0 Å². The molecule has 0 unspecified atom stereocenters. The van der Waals surface area contributed by atoms with Crippen molar-refractivity contribution in [3.05, 3.63) is 17.0 Å². The normalized spacial score (nSPS) is 16.9. The lowest BCUT2D eigenvalue weighted by Gasteiger charge is -2.40. The third-order valence-corrected chi connectivity index (χ3v) is 4.35. The largest absolute Gasteiger partial charge is 0.336 e. The number of aryl methyl sites for hydroxylation is 2. The van der Waals surface area contributed by atoms with Crippen LogP contribution in [0.25, 0.3) is 0 Å². The van der Waals surface area contributed by atoms with Crippen LogP contribution < -0.4 is 0 Å². The minimum absolute atomic E-state index is 0.0486. The number of rotatable bonds is 2. The monoisotopic (exact) mass is 289 g/mol. The zero-order valence-electron chi connectivity index (χ0n) is 13.5. The number of piperazine rings is 1. The van der Waals surface area contributed by atoms with Crippen molar-refractivity contribution in [1.29, 1.82) is 5.26 Å². The first-order chi connectivity index (χ1) is 9.77. The third kappa shape index (κ3) is 2.79. The van der Waals surface area contributed by atoms with Crippen molar-refractivity contribution >= 4 is 5.91 Å². The van der Waals surface area contributed by atoms with Gasteiger partial charge < -0.3 is 4.90 Å². The number of hydrogen-bond acceptors (Lipinski definition) is 4. The molecule has 0 bridgehead atoms. The van der Waals surface area contributed by atoms with E-state index in [1.807, 2.05) is 39.6 Å². The lowest BCUT2D eigenvalue weighted by atomic mass is 10.0. The van der Waals surface area contributed by atoms with Crippen molar-refractivity contribution in [3.63, 3.8) is 0 Å². The quantitative estimate of drug-likeness (QED) is 0.817. The van der Waals surface area contributed by atoms with E-state index in [1.165, 1.54) is 0 Å². The van der Waals surface area contributed by atoms with Crippen LogP contribution in [0.4, 0.5) is 0 Å². The summed E-state index contributed by atoms with van der Waals surface area (Å²) in [6.07, 6.45) is 0. The summed E-state index contributed by atoms with van der Waals surface area (Å²) >= 11 is 0. The first-order valence-corrected chi connectivity index (χ1v) is 7.23. The highest BCUT2D eigenvalue weighted by Gasteiger charge is 2.32. The number of amides is 1. The van der Waals surface area contributed by atoms with E-state index in [4.69, 9.17) is 0 Å². The van der Waals surface area contributed by atoms with Crippen LogP contribution in [0.3, 0.4) is 0 Å². The Labute approximate surface area is 125 Å². The second kappa shape index (κ2) is 5.49. The summed E-state index contributed by atoms with van der Waals surface area (Å²) in [5.41, 5.74) is 1.91. The van der Waals surface area contributed by atoms with E-state index in [2.05, 4.69) is 16.1 Å². The van der Waals surface area contributed by atoms with Crippen molar-refractivity contribution in [3.8, 4) is 6.07 Å². The fourth-order valence-corrected chi connectivity index (χ4v) is 2.78. The molecule has 0 aliphatic carbocycles. The maximum absolute atomic E-state index is 12.7. The number of nitrogens with zero attached hydrogens (tertiary/aromatic N) is 5. The molecule has 1 aromatic rings. The first-order valence-electron chi connectivity index (χ1n) is 7.23. The molecule has 0 spiro atoms. The Hall–Kier alpha value is -1.87. The predicted molar refractivity (Wildman–Crippen MR) is 79.9 cm³/mol. The Morgan fingerprint density at radius 2 is 1.81 bits per heavy atom. The average molecular weight is 289 g/mol. The molecule has 0 atom stereocenters. The fraction of sp³-hybridized carbons (Fsp3) is 0.667. The number of carbonyl (C=O) groups is 1. The molecule has 0 aromatic carbocycles. The molecule has 2 heterocycles. The van der Waals surface area contributed by atoms with Gasteiger partial charge in [0, 0.05) is 38.9 Å². The van der Waals surface area contributed by atoms with Crippen molar-refractivity contribution < 1.29 is 4.79 Å². The molecule has 6 nitrogen and oxygen atoms in total. The Morgan fingerprint density at radius 1 is 1.24 bits per heavy atom. The second-order valence-electron chi connectivity index (χ2n) is 6.12. The lowest BCUT2D eigenvalue weighted by molar-refractivity contribution is 0.0519. The molecule has 2 rings (SSSR count). The zero-order chi connectivity index (χ0) is 15.8. The van der Waals surface area contributed by atoms with Crippen LogP contribution in [0.1, 0.15) is 35.6 Å². The third-order valence-electron chi connectivity index (χ3n) is 4.35. The highest BCUT2D eigenvalue weighted by Crippen LogP contribution is 2.19. The van der Waals surface area contributed by atoms with Crippen LogP contribution in [0.15, 0.2) is 0 Å². The van der Waals surface area contributed by atoms with Gasteiger partial charge in [-0.25, -0.2) is 0 Å². The number of hydrogen-bond donors (Lipinski definition) is 0. The van der Waals surface area contributed by atoms with Crippen molar-refractivity contribution in [1.82, 2.24) is 19.6 Å². The lowest BCUT2D eigenvalue weighted by Crippen LogP contribution is -2.55. The SMILES string of the molecule is Cc1nn(C)c(C)c1C(=O)N1CCN(C(C)(C)C#N)CC1. The molecule has 21 heavy (non-hydrogen) atoms. The minimum Gasteiger partial charge on any atom is -0.336 e. The molecule has 1 saturated heterocycles. The maximum Gasteiger partial charge on any atom is 0.257 e. The van der Waals surface area contributed by atoms with E-state index in [0.717, 1.165) is 24.5 Å². The molecule has 114 valence electrons. The second-order valence-corrected chi connectivity index (χ2v) is 6.12. The molecular weight excluding hydrogens is 266 g/mol. The van der Waals surface area contributed by atoms with E-state index in [0.29, 0.717) is 18.7 Å². The van der Waals surface area contributed by atoms with Crippen molar-refractivity contribution in [2.75, 3.05) is 26.2 Å². The van der Waals surface area contributed by atoms with Crippen LogP contribution in [0.2, 0.25) is 0 Å². The average Bonchev–Trinajstić information content (AvgIpc) is 2.71. The zero-order valence-corrected chi connectivity index (χ0v) is 13.5. The van der Waals surface area contributed by atoms with E-state index >= 15 is 0 Å². The van der Waals surface area contributed by atoms with Gasteiger partial charge in [-0.3, -0.25) is 14.4 Å². The van der Waals surface area contributed by atoms with Crippen LogP contribution >= 0.6 is 0 Å². The summed E-state index contributed by atoms with van der Waals surface area (Å²) in [7, 11) is 1.85. The molecule has 0 saturated carbocycles. The van der Waals surface area contributed by atoms with Gasteiger partial charge in [-0.1, -0.05) is 0 Å². The van der Waals surface area contributed by atoms with Gasteiger partial charge in [0.2, 0.25) is 0 Å². The summed E-state index contributed by atoms with van der Waals surface area (Å²) in [5, 5.41) is 13.5. The van der Waals surface area contributed by atoms with Gasteiger partial charge in [0.15, 0.2) is 0 Å². The van der Waals surface area contributed by atoms with E-state index in [-0.39, 0.29) is 5.91 Å². The van der Waals surface area contributed by atoms with Crippen LogP contribution in [-0.2, 0) is 7.05 Å². The van der Waals surface area contributed by atoms with E-state index < -0.39 is 5.54 Å². The molecule has 1 fully saturated rings. The highest BCUT2D eigenvalue weighted by molar-refractivity contribution is 5.96. The van der Waals surface area contributed by atoms with Crippen molar-refractivity contribution in [2.24, 2.45) is 7.05 Å². The van der Waals surface area contributed by atoms with Crippen LogP contribution in [-0.4, -0.2) is 57.2 Å². The van der Waals surface area contributed by atoms with Gasteiger partial charge >= 0.3 is 0 Å². The molecule has 6 heteroatoms. The summed E-state index contributed by atoms with van der Waals surface area (Å²) < 4.78 is 1.75. The highest BCUT2D eigenvalue weighted by atomic mass is 16.2. The predicted octanol–water partition coefficient (Wildman–Crippen LogP) is 1.10. The Balaban J connectivity index is 2.09. The molecule has 0 N–H and O–H groups in total. The van der Waals surface area contributed by atoms with Crippen molar-refractivity contribution in [2.45, 2.75) is 33.2 Å². The van der Waals surface area contributed by atoms with Gasteiger partial charge in [-0.2, -0.15) is 10.4 Å². The number of aromatic nitrogens is 2. The van der Waals surface area contributed by atoms with Gasteiger partial charge in [0.1, 0.15) is 5.54 Å². The molecule has 1 aliphatic rings. The summed E-state index contributed by atoms with van der Waals surface area (Å²) in [5.74, 6) is 0.0486. The summed E-state index contributed by atoms with van der Waals surface area (Å²) in [6, 6.07) is 2.32. The van der Waals surface area contributed by atoms with Gasteiger partial charge in [0.05, 0.1) is 17.3 Å². The molecule has 1 aliphatic heterocycles. The number of carbonyl (C=O) groups excluding carboxylic acids is 1. The van der Waals surface area contributed by atoms with E-state index in [9.17, 15) is 10.1 Å². The van der Waals surface area contributed by atoms with Crippen LogP contribution in [0, 0.1) is 25.2 Å². The summed E-state index contributed by atoms with van der Waals surface area (Å²) in [4.78, 5) is 16.7. The van der Waals surface area contributed by atoms with Crippen LogP contribution in [0.5, 0.6) is 0 Å². The molecule has 0 radical (unpaired) electrons. The summed E-state index contributed by atoms with van der Waals surface area (Å²) in [6.45, 7) is 10.4. The first kappa shape index (κ1) is 15.5. The van der Waals surface area contributed by atoms with E-state index in [1.54, 1.807) is 4.68 Å². The molecule has 1 aromatic heterocycles. The Kier molecular flexibility index (Phi) is 4.06. The van der Waals surface area contributed by atoms with Gasteiger partial charge in [0.25, 0.3) is 5.91 Å². The Morgan fingerprint density at radius 3 is 2.24 bits per heavy atom. The smallest absolute Gasteiger partial charge is 0.257 e. The fourth-order valence-electron chi connectivity index (χ4n) is 2.78. The topological polar surface area (TPSA) is 65.2 Å². The standard InChI is InChI=1S/C15H23N5O/c1-11-13(12(2)18(5)17-11)14(21)19-6-8-20(9-7-19)15(3,4)10-16/h6-9H2,1-5H3. The molecule has 1 amide bonds. The molecular formula is C15H23N5O.